The van der Waals surface area contributed by atoms with Crippen molar-refractivity contribution in [2.24, 2.45) is 0 Å². The second-order valence-electron chi connectivity index (χ2n) is 6.43. The second-order valence-corrected chi connectivity index (χ2v) is 6.43. The molecule has 3 aromatic carbocycles. The van der Waals surface area contributed by atoms with Crippen molar-refractivity contribution in [3.63, 3.8) is 0 Å². The van der Waals surface area contributed by atoms with Crippen molar-refractivity contribution in [1.29, 1.82) is 0 Å². The van der Waals surface area contributed by atoms with Gasteiger partial charge in [-0.15, -0.1) is 0 Å². The van der Waals surface area contributed by atoms with E-state index >= 15 is 0 Å². The summed E-state index contributed by atoms with van der Waals surface area (Å²) < 4.78 is 21.1. The standard InChI is InChI=1S/C25H22O6/c1-28-19-13-11-18(12-14-19)21(26)15-10-17-6-4-7-20(16-17)31-25(27)24-22(29-2)8-5-9-23(24)30-3/h4-16H,1-3H3. The molecule has 0 heterocycles. The Bertz CT molecular complexity index is 1080. The van der Waals surface area contributed by atoms with Gasteiger partial charge in [-0.2, -0.15) is 0 Å². The lowest BCUT2D eigenvalue weighted by Crippen LogP contribution is -2.12. The van der Waals surface area contributed by atoms with Gasteiger partial charge in [0.05, 0.1) is 21.3 Å². The van der Waals surface area contributed by atoms with E-state index in [0.717, 1.165) is 0 Å². The number of carbonyl (C=O) groups excluding carboxylic acids is 2. The number of ketones is 1. The number of ether oxygens (including phenoxy) is 4. The van der Waals surface area contributed by atoms with E-state index in [9.17, 15) is 9.59 Å². The van der Waals surface area contributed by atoms with Crippen LogP contribution in [0.4, 0.5) is 0 Å². The van der Waals surface area contributed by atoms with Crippen molar-refractivity contribution in [3.05, 3.63) is 89.5 Å². The molecule has 0 radical (unpaired) electrons. The van der Waals surface area contributed by atoms with Crippen LogP contribution in [-0.4, -0.2) is 33.1 Å². The van der Waals surface area contributed by atoms with Crippen molar-refractivity contribution in [1.82, 2.24) is 0 Å². The number of allylic oxidation sites excluding steroid dienone is 1. The third kappa shape index (κ3) is 5.30. The average molecular weight is 418 g/mol. The van der Waals surface area contributed by atoms with Crippen LogP contribution >= 0.6 is 0 Å². The number of carbonyl (C=O) groups is 2. The number of esters is 1. The number of benzene rings is 3. The fourth-order valence-electron chi connectivity index (χ4n) is 2.92. The zero-order chi connectivity index (χ0) is 22.2. The monoisotopic (exact) mass is 418 g/mol. The molecule has 0 aliphatic heterocycles. The third-order valence-corrected chi connectivity index (χ3v) is 4.50. The van der Waals surface area contributed by atoms with Gasteiger partial charge >= 0.3 is 5.97 Å². The molecule has 0 unspecified atom stereocenters. The maximum absolute atomic E-state index is 12.7. The number of rotatable bonds is 8. The van der Waals surface area contributed by atoms with Crippen LogP contribution < -0.4 is 18.9 Å². The van der Waals surface area contributed by atoms with Crippen LogP contribution in [-0.2, 0) is 0 Å². The van der Waals surface area contributed by atoms with Gasteiger partial charge in [-0.3, -0.25) is 4.79 Å². The molecule has 6 heteroatoms. The van der Waals surface area contributed by atoms with Crippen molar-refractivity contribution in [3.8, 4) is 23.0 Å². The van der Waals surface area contributed by atoms with E-state index < -0.39 is 5.97 Å². The summed E-state index contributed by atoms with van der Waals surface area (Å²) in [6.07, 6.45) is 3.12. The summed E-state index contributed by atoms with van der Waals surface area (Å²) in [6.45, 7) is 0. The molecule has 0 aliphatic rings. The van der Waals surface area contributed by atoms with Gasteiger partial charge in [0.2, 0.25) is 0 Å². The SMILES string of the molecule is COc1ccc(C(=O)C=Cc2cccc(OC(=O)c3c(OC)cccc3OC)c2)cc1. The third-order valence-electron chi connectivity index (χ3n) is 4.50. The van der Waals surface area contributed by atoms with Crippen LogP contribution in [0.3, 0.4) is 0 Å². The maximum Gasteiger partial charge on any atom is 0.351 e. The highest BCUT2D eigenvalue weighted by Crippen LogP contribution is 2.29. The van der Waals surface area contributed by atoms with Gasteiger partial charge in [0.1, 0.15) is 28.6 Å². The molecule has 0 saturated heterocycles. The highest BCUT2D eigenvalue weighted by Gasteiger charge is 2.20. The van der Waals surface area contributed by atoms with E-state index in [2.05, 4.69) is 0 Å². The van der Waals surface area contributed by atoms with E-state index in [-0.39, 0.29) is 11.3 Å². The molecule has 0 aromatic heterocycles. The zero-order valence-corrected chi connectivity index (χ0v) is 17.5. The second kappa shape index (κ2) is 10.1. The Morgan fingerprint density at radius 1 is 0.742 bits per heavy atom. The Kier molecular flexibility index (Phi) is 7.06. The molecule has 0 aliphatic carbocycles. The molecular weight excluding hydrogens is 396 g/mol. The highest BCUT2D eigenvalue weighted by atomic mass is 16.5. The van der Waals surface area contributed by atoms with Crippen LogP contribution in [0.5, 0.6) is 23.0 Å². The highest BCUT2D eigenvalue weighted by molar-refractivity contribution is 6.06. The van der Waals surface area contributed by atoms with Crippen LogP contribution in [0.1, 0.15) is 26.3 Å². The fraction of sp³-hybridized carbons (Fsp3) is 0.120. The van der Waals surface area contributed by atoms with Crippen LogP contribution in [0, 0.1) is 0 Å². The van der Waals surface area contributed by atoms with Crippen LogP contribution in [0.2, 0.25) is 0 Å². The predicted octanol–water partition coefficient (Wildman–Crippen LogP) is 4.83. The van der Waals surface area contributed by atoms with Gasteiger partial charge in [-0.25, -0.2) is 4.79 Å². The summed E-state index contributed by atoms with van der Waals surface area (Å²) in [4.78, 5) is 25.1. The first-order chi connectivity index (χ1) is 15.0. The summed E-state index contributed by atoms with van der Waals surface area (Å²) in [6, 6.07) is 18.7. The Balaban J connectivity index is 1.75. The Morgan fingerprint density at radius 3 is 2.00 bits per heavy atom. The molecular formula is C25H22O6. The van der Waals surface area contributed by atoms with Crippen LogP contribution in [0.25, 0.3) is 6.08 Å². The maximum atomic E-state index is 12.7. The number of hydrogen-bond acceptors (Lipinski definition) is 6. The molecule has 0 bridgehead atoms. The Morgan fingerprint density at radius 2 is 1.39 bits per heavy atom. The lowest BCUT2D eigenvalue weighted by atomic mass is 10.1. The Labute approximate surface area is 180 Å². The van der Waals surface area contributed by atoms with Crippen LogP contribution in [0.15, 0.2) is 72.8 Å². The van der Waals surface area contributed by atoms with Gasteiger partial charge in [0, 0.05) is 5.56 Å². The normalized spacial score (nSPS) is 10.5. The van der Waals surface area contributed by atoms with Crippen molar-refractivity contribution in [2.75, 3.05) is 21.3 Å². The van der Waals surface area contributed by atoms with Gasteiger partial charge in [0.25, 0.3) is 0 Å². The summed E-state index contributed by atoms with van der Waals surface area (Å²) in [5.74, 6) is 0.961. The minimum Gasteiger partial charge on any atom is -0.497 e. The first-order valence-electron chi connectivity index (χ1n) is 9.45. The Hall–Kier alpha value is -4.06. The minimum absolute atomic E-state index is 0.149. The molecule has 0 fully saturated rings. The smallest absolute Gasteiger partial charge is 0.351 e. The average Bonchev–Trinajstić information content (AvgIpc) is 2.82. The van der Waals surface area contributed by atoms with Gasteiger partial charge in [-0.05, 0) is 60.2 Å². The first-order valence-corrected chi connectivity index (χ1v) is 9.45. The molecule has 0 amide bonds. The quantitative estimate of drug-likeness (QED) is 0.226. The molecule has 0 atom stereocenters. The summed E-state index contributed by atoms with van der Waals surface area (Å²) in [5.41, 5.74) is 1.45. The van der Waals surface area contributed by atoms with E-state index in [1.165, 1.54) is 20.3 Å². The van der Waals surface area contributed by atoms with E-state index in [0.29, 0.717) is 34.1 Å². The topological polar surface area (TPSA) is 71.1 Å². The molecule has 3 aromatic rings. The lowest BCUT2D eigenvalue weighted by Gasteiger charge is -2.12. The van der Waals surface area contributed by atoms with E-state index in [1.54, 1.807) is 79.9 Å². The van der Waals surface area contributed by atoms with E-state index in [4.69, 9.17) is 18.9 Å². The molecule has 6 nitrogen and oxygen atoms in total. The molecule has 31 heavy (non-hydrogen) atoms. The van der Waals surface area contributed by atoms with Crippen molar-refractivity contribution in [2.45, 2.75) is 0 Å². The number of methoxy groups -OCH3 is 3. The fourth-order valence-corrected chi connectivity index (χ4v) is 2.92. The summed E-state index contributed by atoms with van der Waals surface area (Å²) in [7, 11) is 4.51. The largest absolute Gasteiger partial charge is 0.497 e. The van der Waals surface area contributed by atoms with Crippen molar-refractivity contribution >= 4 is 17.8 Å². The van der Waals surface area contributed by atoms with E-state index in [1.807, 2.05) is 0 Å². The molecule has 0 saturated carbocycles. The molecule has 0 spiro atoms. The van der Waals surface area contributed by atoms with Gasteiger partial charge in [0.15, 0.2) is 5.78 Å². The van der Waals surface area contributed by atoms with Gasteiger partial charge in [-0.1, -0.05) is 24.3 Å². The number of hydrogen-bond donors (Lipinski definition) is 0. The molecule has 158 valence electrons. The minimum atomic E-state index is -0.607. The molecule has 3 rings (SSSR count). The summed E-state index contributed by atoms with van der Waals surface area (Å²) >= 11 is 0. The predicted molar refractivity (Wildman–Crippen MR) is 117 cm³/mol. The van der Waals surface area contributed by atoms with Crippen molar-refractivity contribution < 1.29 is 28.5 Å². The first kappa shape index (κ1) is 21.6. The zero-order valence-electron chi connectivity index (χ0n) is 17.5. The summed E-state index contributed by atoms with van der Waals surface area (Å²) in [5, 5.41) is 0. The lowest BCUT2D eigenvalue weighted by molar-refractivity contribution is 0.0727. The molecule has 0 N–H and O–H groups in total. The van der Waals surface area contributed by atoms with Gasteiger partial charge < -0.3 is 18.9 Å².